The van der Waals surface area contributed by atoms with Gasteiger partial charge in [-0.05, 0) is 46.4 Å². The number of halogens is 2. The number of phenols is 1. The zero-order valence-electron chi connectivity index (χ0n) is 14.1. The lowest BCUT2D eigenvalue weighted by atomic mass is 9.96. The molecule has 0 amide bonds. The zero-order chi connectivity index (χ0) is 18.6. The molecule has 0 aliphatic rings. The standard InChI is InChI=1S/C19H20Cl2O3S/c1-11(2)14-5-12(3-4-18(14)22)6-15-16(20)7-13(8-17(15)21)9-25-10-19(23)24/h3-5,7-8,11,22H,6,9-10H2,1-2H3,(H,23,24). The Morgan fingerprint density at radius 2 is 1.76 bits per heavy atom. The normalized spacial score (nSPS) is 11.1. The molecule has 0 aliphatic carbocycles. The molecule has 0 spiro atoms. The van der Waals surface area contributed by atoms with Gasteiger partial charge in [0.05, 0.1) is 5.75 Å². The third kappa shape index (κ3) is 5.56. The highest BCUT2D eigenvalue weighted by molar-refractivity contribution is 7.99. The molecular formula is C19H20Cl2O3S. The van der Waals surface area contributed by atoms with Gasteiger partial charge >= 0.3 is 5.97 Å². The molecule has 0 aromatic heterocycles. The van der Waals surface area contributed by atoms with E-state index >= 15 is 0 Å². The van der Waals surface area contributed by atoms with Crippen molar-refractivity contribution in [2.24, 2.45) is 0 Å². The Hall–Kier alpha value is -1.36. The summed E-state index contributed by atoms with van der Waals surface area (Å²) in [5.41, 5.74) is 3.65. The van der Waals surface area contributed by atoms with Crippen molar-refractivity contribution in [2.45, 2.75) is 31.9 Å². The maximum Gasteiger partial charge on any atom is 0.313 e. The first-order valence-corrected chi connectivity index (χ1v) is 9.77. The van der Waals surface area contributed by atoms with Gasteiger partial charge in [0, 0.05) is 22.2 Å². The van der Waals surface area contributed by atoms with Gasteiger partial charge in [0.1, 0.15) is 5.75 Å². The fourth-order valence-corrected chi connectivity index (χ4v) is 3.89. The monoisotopic (exact) mass is 398 g/mol. The summed E-state index contributed by atoms with van der Waals surface area (Å²) in [5, 5.41) is 19.8. The molecule has 2 N–H and O–H groups in total. The van der Waals surface area contributed by atoms with E-state index in [1.54, 1.807) is 6.07 Å². The van der Waals surface area contributed by atoms with Gasteiger partial charge in [0.2, 0.25) is 0 Å². The minimum Gasteiger partial charge on any atom is -0.508 e. The number of hydrogen-bond acceptors (Lipinski definition) is 3. The van der Waals surface area contributed by atoms with E-state index in [9.17, 15) is 9.90 Å². The van der Waals surface area contributed by atoms with Crippen molar-refractivity contribution in [3.05, 3.63) is 62.6 Å². The Morgan fingerprint density at radius 3 is 2.32 bits per heavy atom. The first kappa shape index (κ1) is 20.0. The largest absolute Gasteiger partial charge is 0.508 e. The number of carbonyl (C=O) groups is 1. The predicted molar refractivity (Wildman–Crippen MR) is 105 cm³/mol. The fraction of sp³-hybridized carbons (Fsp3) is 0.316. The minimum atomic E-state index is -0.841. The molecule has 2 aromatic rings. The molecule has 3 nitrogen and oxygen atoms in total. The van der Waals surface area contributed by atoms with E-state index in [0.29, 0.717) is 28.0 Å². The summed E-state index contributed by atoms with van der Waals surface area (Å²) in [6.45, 7) is 4.06. The van der Waals surface area contributed by atoms with Crippen LogP contribution in [0.3, 0.4) is 0 Å². The van der Waals surface area contributed by atoms with Crippen molar-refractivity contribution in [3.8, 4) is 5.75 Å². The van der Waals surface area contributed by atoms with Crippen LogP contribution < -0.4 is 0 Å². The molecule has 0 atom stereocenters. The van der Waals surface area contributed by atoms with E-state index in [-0.39, 0.29) is 11.7 Å². The second-order valence-electron chi connectivity index (χ2n) is 6.15. The van der Waals surface area contributed by atoms with E-state index in [2.05, 4.69) is 0 Å². The van der Waals surface area contributed by atoms with Crippen molar-refractivity contribution in [2.75, 3.05) is 5.75 Å². The van der Waals surface area contributed by atoms with Crippen LogP contribution in [0.15, 0.2) is 30.3 Å². The zero-order valence-corrected chi connectivity index (χ0v) is 16.4. The Morgan fingerprint density at radius 1 is 1.12 bits per heavy atom. The van der Waals surface area contributed by atoms with Crippen molar-refractivity contribution >= 4 is 40.9 Å². The lowest BCUT2D eigenvalue weighted by Gasteiger charge is -2.13. The van der Waals surface area contributed by atoms with Crippen LogP contribution in [-0.4, -0.2) is 21.9 Å². The lowest BCUT2D eigenvalue weighted by Crippen LogP contribution is -1.99. The van der Waals surface area contributed by atoms with Gasteiger partial charge in [0.15, 0.2) is 0 Å². The van der Waals surface area contributed by atoms with Gasteiger partial charge in [-0.15, -0.1) is 11.8 Å². The van der Waals surface area contributed by atoms with Gasteiger partial charge in [0.25, 0.3) is 0 Å². The number of carboxylic acid groups (broad SMARTS) is 1. The smallest absolute Gasteiger partial charge is 0.313 e. The average Bonchev–Trinajstić information content (AvgIpc) is 2.51. The molecule has 0 heterocycles. The second kappa shape index (κ2) is 8.84. The summed E-state index contributed by atoms with van der Waals surface area (Å²) in [4.78, 5) is 10.6. The van der Waals surface area contributed by atoms with Gasteiger partial charge < -0.3 is 10.2 Å². The average molecular weight is 399 g/mol. The van der Waals surface area contributed by atoms with Crippen LogP contribution in [0.25, 0.3) is 0 Å². The summed E-state index contributed by atoms with van der Waals surface area (Å²) < 4.78 is 0. The highest BCUT2D eigenvalue weighted by atomic mass is 35.5. The highest BCUT2D eigenvalue weighted by Crippen LogP contribution is 2.32. The molecule has 6 heteroatoms. The molecule has 0 radical (unpaired) electrons. The third-order valence-corrected chi connectivity index (χ3v) is 5.45. The number of aliphatic carboxylic acids is 1. The number of hydrogen-bond donors (Lipinski definition) is 2. The Balaban J connectivity index is 2.20. The van der Waals surface area contributed by atoms with Crippen molar-refractivity contribution in [1.82, 2.24) is 0 Å². The maximum absolute atomic E-state index is 10.6. The first-order chi connectivity index (χ1) is 11.8. The molecule has 0 fully saturated rings. The van der Waals surface area contributed by atoms with E-state index in [1.165, 1.54) is 11.8 Å². The fourth-order valence-electron chi connectivity index (χ4n) is 2.54. The molecule has 0 saturated carbocycles. The molecule has 0 bridgehead atoms. The molecule has 0 unspecified atom stereocenters. The summed E-state index contributed by atoms with van der Waals surface area (Å²) >= 11 is 14.1. The van der Waals surface area contributed by atoms with Gasteiger partial charge in [-0.2, -0.15) is 0 Å². The number of aromatic hydroxyl groups is 1. The third-order valence-electron chi connectivity index (χ3n) is 3.79. The van der Waals surface area contributed by atoms with Gasteiger partial charge in [-0.25, -0.2) is 0 Å². The second-order valence-corrected chi connectivity index (χ2v) is 7.95. The summed E-state index contributed by atoms with van der Waals surface area (Å²) in [7, 11) is 0. The predicted octanol–water partition coefficient (Wildman–Crippen LogP) is 5.73. The van der Waals surface area contributed by atoms with Crippen LogP contribution in [0.2, 0.25) is 10.0 Å². The van der Waals surface area contributed by atoms with E-state index in [1.807, 2.05) is 38.1 Å². The molecular weight excluding hydrogens is 379 g/mol. The molecule has 25 heavy (non-hydrogen) atoms. The van der Waals surface area contributed by atoms with Crippen LogP contribution in [0, 0.1) is 0 Å². The number of thioether (sulfide) groups is 1. The number of carboxylic acids is 1. The quantitative estimate of drug-likeness (QED) is 0.624. The molecule has 2 rings (SSSR count). The first-order valence-electron chi connectivity index (χ1n) is 7.86. The van der Waals surface area contributed by atoms with Crippen molar-refractivity contribution in [1.29, 1.82) is 0 Å². The van der Waals surface area contributed by atoms with Crippen LogP contribution in [0.5, 0.6) is 5.75 Å². The lowest BCUT2D eigenvalue weighted by molar-refractivity contribution is -0.133. The summed E-state index contributed by atoms with van der Waals surface area (Å²) in [5.74, 6) is 0.263. The number of phenolic OH excluding ortho intramolecular Hbond substituents is 1. The van der Waals surface area contributed by atoms with Crippen molar-refractivity contribution in [3.63, 3.8) is 0 Å². The summed E-state index contributed by atoms with van der Waals surface area (Å²) in [6, 6.07) is 9.21. The van der Waals surface area contributed by atoms with Crippen LogP contribution in [-0.2, 0) is 17.0 Å². The summed E-state index contributed by atoms with van der Waals surface area (Å²) in [6.07, 6.45) is 0.570. The molecule has 134 valence electrons. The van der Waals surface area contributed by atoms with Crippen molar-refractivity contribution < 1.29 is 15.0 Å². The Labute approximate surface area is 162 Å². The SMILES string of the molecule is CC(C)c1cc(Cc2c(Cl)cc(CSCC(=O)O)cc2Cl)ccc1O. The topological polar surface area (TPSA) is 57.5 Å². The maximum atomic E-state index is 10.6. The van der Waals surface area contributed by atoms with E-state index in [4.69, 9.17) is 28.3 Å². The minimum absolute atomic E-state index is 0.0441. The van der Waals surface area contributed by atoms with Crippen LogP contribution >= 0.6 is 35.0 Å². The Bertz CT molecular complexity index is 752. The molecule has 2 aromatic carbocycles. The van der Waals surface area contributed by atoms with Gasteiger partial charge in [-0.1, -0.05) is 49.2 Å². The van der Waals surface area contributed by atoms with E-state index < -0.39 is 5.97 Å². The van der Waals surface area contributed by atoms with Crippen LogP contribution in [0.4, 0.5) is 0 Å². The number of rotatable bonds is 7. The highest BCUT2D eigenvalue weighted by Gasteiger charge is 2.12. The molecule has 0 aliphatic heterocycles. The van der Waals surface area contributed by atoms with Crippen LogP contribution in [0.1, 0.15) is 42.0 Å². The molecule has 0 saturated heterocycles. The van der Waals surface area contributed by atoms with E-state index in [0.717, 1.165) is 22.3 Å². The number of benzene rings is 2. The van der Waals surface area contributed by atoms with Gasteiger partial charge in [-0.3, -0.25) is 4.79 Å². The Kier molecular flexibility index (Phi) is 7.05.